The summed E-state index contributed by atoms with van der Waals surface area (Å²) in [5.41, 5.74) is 0.611. The maximum atomic E-state index is 13.1. The summed E-state index contributed by atoms with van der Waals surface area (Å²) in [5, 5.41) is 17.8. The summed E-state index contributed by atoms with van der Waals surface area (Å²) in [6.45, 7) is 0. The third kappa shape index (κ3) is 2.46. The first-order chi connectivity index (χ1) is 6.16. The number of hydrogen-bond donors (Lipinski definition) is 2. The molecule has 0 aliphatic heterocycles. The molecule has 0 radical (unpaired) electrons. The van der Waals surface area contributed by atoms with E-state index in [4.69, 9.17) is 10.0 Å². The van der Waals surface area contributed by atoms with Crippen molar-refractivity contribution in [3.8, 4) is 0 Å². The maximum absolute atomic E-state index is 13.1. The van der Waals surface area contributed by atoms with Gasteiger partial charge in [0.05, 0.1) is 0 Å². The molecule has 70 valence electrons. The van der Waals surface area contributed by atoms with Crippen molar-refractivity contribution in [3.05, 3.63) is 29.6 Å². The molecule has 5 heteroatoms. The molecule has 0 unspecified atom stereocenters. The Balaban J connectivity index is 3.10. The first-order valence-electron chi connectivity index (χ1n) is 3.79. The highest BCUT2D eigenvalue weighted by atomic mass is 32.2. The maximum Gasteiger partial charge on any atom is 0.491 e. The fourth-order valence-corrected chi connectivity index (χ4v) is 1.71. The van der Waals surface area contributed by atoms with Gasteiger partial charge in [0.15, 0.2) is 0 Å². The SMILES string of the molecule is CSCc1cccc(F)c1B(O)O. The van der Waals surface area contributed by atoms with Crippen LogP contribution in [0.2, 0.25) is 0 Å². The molecule has 13 heavy (non-hydrogen) atoms. The molecular weight excluding hydrogens is 190 g/mol. The minimum absolute atomic E-state index is 0.0168. The van der Waals surface area contributed by atoms with Crippen molar-refractivity contribution in [1.29, 1.82) is 0 Å². The van der Waals surface area contributed by atoms with Gasteiger partial charge in [-0.05, 0) is 17.9 Å². The van der Waals surface area contributed by atoms with Gasteiger partial charge in [-0.1, -0.05) is 12.1 Å². The van der Waals surface area contributed by atoms with Gasteiger partial charge < -0.3 is 10.0 Å². The van der Waals surface area contributed by atoms with E-state index in [-0.39, 0.29) is 5.46 Å². The number of thioether (sulfide) groups is 1. The van der Waals surface area contributed by atoms with Gasteiger partial charge in [0.1, 0.15) is 5.82 Å². The Morgan fingerprint density at radius 2 is 2.15 bits per heavy atom. The van der Waals surface area contributed by atoms with E-state index in [2.05, 4.69) is 0 Å². The van der Waals surface area contributed by atoms with E-state index in [9.17, 15) is 4.39 Å². The molecule has 0 saturated heterocycles. The van der Waals surface area contributed by atoms with Gasteiger partial charge in [0.25, 0.3) is 0 Å². The molecule has 1 rings (SSSR count). The fraction of sp³-hybridized carbons (Fsp3) is 0.250. The van der Waals surface area contributed by atoms with Crippen LogP contribution in [-0.2, 0) is 5.75 Å². The largest absolute Gasteiger partial charge is 0.491 e. The molecule has 0 bridgehead atoms. The summed E-state index contributed by atoms with van der Waals surface area (Å²) in [5.74, 6) is 0.00611. The molecule has 0 spiro atoms. The zero-order valence-corrected chi connectivity index (χ0v) is 8.01. The van der Waals surface area contributed by atoms with Gasteiger partial charge >= 0.3 is 7.12 Å². The van der Waals surface area contributed by atoms with Gasteiger partial charge in [0, 0.05) is 11.2 Å². The molecule has 0 atom stereocenters. The molecule has 0 aliphatic carbocycles. The summed E-state index contributed by atoms with van der Waals surface area (Å²) in [4.78, 5) is 0. The van der Waals surface area contributed by atoms with Crippen LogP contribution in [0.5, 0.6) is 0 Å². The molecule has 1 aromatic carbocycles. The van der Waals surface area contributed by atoms with Crippen molar-refractivity contribution < 1.29 is 14.4 Å². The number of hydrogen-bond acceptors (Lipinski definition) is 3. The lowest BCUT2D eigenvalue weighted by molar-refractivity contribution is 0.422. The Kier molecular flexibility index (Phi) is 3.78. The van der Waals surface area contributed by atoms with Crippen LogP contribution in [0.3, 0.4) is 0 Å². The van der Waals surface area contributed by atoms with Gasteiger partial charge in [0.2, 0.25) is 0 Å². The molecule has 0 saturated carbocycles. The molecule has 0 fully saturated rings. The van der Waals surface area contributed by atoms with E-state index in [0.717, 1.165) is 0 Å². The van der Waals surface area contributed by atoms with Gasteiger partial charge in [-0.15, -0.1) is 0 Å². The molecular formula is C8H10BFO2S. The van der Waals surface area contributed by atoms with Crippen LogP contribution >= 0.6 is 11.8 Å². The summed E-state index contributed by atoms with van der Waals surface area (Å²) in [7, 11) is -1.73. The van der Waals surface area contributed by atoms with Crippen LogP contribution < -0.4 is 5.46 Å². The fourth-order valence-electron chi connectivity index (χ4n) is 1.15. The lowest BCUT2D eigenvalue weighted by Crippen LogP contribution is -2.35. The highest BCUT2D eigenvalue weighted by Crippen LogP contribution is 2.08. The lowest BCUT2D eigenvalue weighted by atomic mass is 9.77. The van der Waals surface area contributed by atoms with E-state index < -0.39 is 12.9 Å². The van der Waals surface area contributed by atoms with Crippen molar-refractivity contribution in [2.24, 2.45) is 0 Å². The highest BCUT2D eigenvalue weighted by molar-refractivity contribution is 7.97. The van der Waals surface area contributed by atoms with Crippen LogP contribution in [0, 0.1) is 5.82 Å². The first-order valence-corrected chi connectivity index (χ1v) is 5.18. The molecule has 0 heterocycles. The van der Waals surface area contributed by atoms with Gasteiger partial charge in [-0.25, -0.2) is 4.39 Å². The molecule has 2 nitrogen and oxygen atoms in total. The predicted molar refractivity (Wildman–Crippen MR) is 53.4 cm³/mol. The topological polar surface area (TPSA) is 40.5 Å². The summed E-state index contributed by atoms with van der Waals surface area (Å²) in [6.07, 6.45) is 1.87. The molecule has 0 aliphatic rings. The molecule has 0 aromatic heterocycles. The van der Waals surface area contributed by atoms with E-state index in [1.807, 2.05) is 6.26 Å². The predicted octanol–water partition coefficient (Wildman–Crippen LogP) is 0.368. The minimum Gasteiger partial charge on any atom is -0.423 e. The Morgan fingerprint density at radius 3 is 2.69 bits per heavy atom. The van der Waals surface area contributed by atoms with Crippen molar-refractivity contribution in [2.75, 3.05) is 6.26 Å². The Hall–Kier alpha value is -0.515. The van der Waals surface area contributed by atoms with Crippen molar-refractivity contribution in [1.82, 2.24) is 0 Å². The van der Waals surface area contributed by atoms with Gasteiger partial charge in [-0.3, -0.25) is 0 Å². The monoisotopic (exact) mass is 200 g/mol. The van der Waals surface area contributed by atoms with E-state index in [1.54, 1.807) is 12.1 Å². The number of benzene rings is 1. The average molecular weight is 200 g/mol. The highest BCUT2D eigenvalue weighted by Gasteiger charge is 2.19. The number of halogens is 1. The second-order valence-corrected chi connectivity index (χ2v) is 3.49. The minimum atomic E-state index is -1.73. The van der Waals surface area contributed by atoms with Crippen LogP contribution in [0.4, 0.5) is 4.39 Å². The van der Waals surface area contributed by atoms with E-state index in [1.165, 1.54) is 17.8 Å². The Labute approximate surface area is 80.9 Å². The van der Waals surface area contributed by atoms with Crippen LogP contribution in [-0.4, -0.2) is 23.4 Å². The third-order valence-electron chi connectivity index (χ3n) is 1.70. The Morgan fingerprint density at radius 1 is 1.46 bits per heavy atom. The van der Waals surface area contributed by atoms with Crippen molar-refractivity contribution in [3.63, 3.8) is 0 Å². The number of rotatable bonds is 3. The summed E-state index contributed by atoms with van der Waals surface area (Å²) >= 11 is 1.51. The second kappa shape index (κ2) is 4.65. The Bertz CT molecular complexity index is 293. The molecule has 2 N–H and O–H groups in total. The van der Waals surface area contributed by atoms with Crippen molar-refractivity contribution >= 4 is 24.3 Å². The standard InChI is InChI=1S/C8H10BFO2S/c1-13-5-6-3-2-4-7(10)8(6)9(11)12/h2-4,11-12H,5H2,1H3. The zero-order valence-electron chi connectivity index (χ0n) is 7.20. The van der Waals surface area contributed by atoms with Crippen LogP contribution in [0.1, 0.15) is 5.56 Å². The summed E-state index contributed by atoms with van der Waals surface area (Å²) < 4.78 is 13.1. The summed E-state index contributed by atoms with van der Waals surface area (Å²) in [6, 6.07) is 4.47. The normalized spacial score (nSPS) is 10.2. The first kappa shape index (κ1) is 10.6. The third-order valence-corrected chi connectivity index (χ3v) is 2.30. The van der Waals surface area contributed by atoms with Crippen LogP contribution in [0.15, 0.2) is 18.2 Å². The second-order valence-electron chi connectivity index (χ2n) is 2.62. The van der Waals surface area contributed by atoms with E-state index in [0.29, 0.717) is 11.3 Å². The van der Waals surface area contributed by atoms with Gasteiger partial charge in [-0.2, -0.15) is 11.8 Å². The molecule has 0 amide bonds. The lowest BCUT2D eigenvalue weighted by Gasteiger charge is -2.07. The van der Waals surface area contributed by atoms with Crippen molar-refractivity contribution in [2.45, 2.75) is 5.75 Å². The quantitative estimate of drug-likeness (QED) is 0.692. The smallest absolute Gasteiger partial charge is 0.423 e. The van der Waals surface area contributed by atoms with Crippen LogP contribution in [0.25, 0.3) is 0 Å². The molecule has 1 aromatic rings. The average Bonchev–Trinajstić information content (AvgIpc) is 2.04. The van der Waals surface area contributed by atoms with E-state index >= 15 is 0 Å². The zero-order chi connectivity index (χ0) is 9.84.